The second kappa shape index (κ2) is 6.64. The van der Waals surface area contributed by atoms with Crippen molar-refractivity contribution in [3.05, 3.63) is 41.0 Å². The van der Waals surface area contributed by atoms with Gasteiger partial charge in [-0.15, -0.1) is 34.0 Å². The van der Waals surface area contributed by atoms with Crippen molar-refractivity contribution >= 4 is 40.8 Å². The molecule has 0 atom stereocenters. The molecule has 0 saturated carbocycles. The molecule has 2 rings (SSSR count). The van der Waals surface area contributed by atoms with E-state index in [1.54, 1.807) is 11.1 Å². The summed E-state index contributed by atoms with van der Waals surface area (Å²) in [5.41, 5.74) is 6.24. The topological polar surface area (TPSA) is 0 Å². The summed E-state index contributed by atoms with van der Waals surface area (Å²) < 4.78 is 8.92. The standard InChI is InChI=1S/2C7H9.2CH3.2BrH.H2Si.Zr/c2*1-6-4-3-5-7(6)2;;;;;;/h2*4H,3H2,1-2H3;2*1H3;2*1H;1H2;. The van der Waals surface area contributed by atoms with Gasteiger partial charge in [-0.1, -0.05) is 0 Å². The van der Waals surface area contributed by atoms with Crippen LogP contribution in [0.5, 0.6) is 0 Å². The van der Waals surface area contributed by atoms with Crippen LogP contribution in [0.25, 0.3) is 0 Å². The van der Waals surface area contributed by atoms with E-state index in [-0.39, 0.29) is 34.0 Å². The molecule has 0 saturated heterocycles. The Kier molecular flexibility index (Phi) is 6.98. The third kappa shape index (κ3) is 3.34. The molecule has 2 aliphatic carbocycles. The summed E-state index contributed by atoms with van der Waals surface area (Å²) in [5, 5.41) is 0. The van der Waals surface area contributed by atoms with Crippen molar-refractivity contribution in [2.24, 2.45) is 0 Å². The van der Waals surface area contributed by atoms with E-state index in [0.29, 0.717) is 0 Å². The number of allylic oxidation sites excluding steroid dienone is 8. The SMILES string of the molecule is Br.Br.CC1=CC[C]([Zr]([CH3])([CH3])(=[SiH2])[C]2=C(C)C(C)=CC2)=C1C. The van der Waals surface area contributed by atoms with Crippen LogP contribution in [0.3, 0.4) is 0 Å². The molecule has 0 heterocycles. The second-order valence-corrected chi connectivity index (χ2v) is 35.8. The first kappa shape index (κ1) is 21.0. The maximum absolute atomic E-state index is 2.84. The molecule has 0 aliphatic heterocycles. The Morgan fingerprint density at radius 1 is 0.800 bits per heavy atom. The van der Waals surface area contributed by atoms with Crippen LogP contribution in [-0.4, -0.2) is 6.88 Å². The van der Waals surface area contributed by atoms with Crippen LogP contribution in [0.4, 0.5) is 0 Å². The monoisotopic (exact) mass is 496 g/mol. The van der Waals surface area contributed by atoms with Gasteiger partial charge in [-0.25, -0.2) is 0 Å². The first-order valence-corrected chi connectivity index (χ1v) is 20.3. The van der Waals surface area contributed by atoms with Crippen molar-refractivity contribution in [1.29, 1.82) is 0 Å². The van der Waals surface area contributed by atoms with Crippen LogP contribution in [-0.2, 0) is 17.4 Å². The van der Waals surface area contributed by atoms with E-state index in [2.05, 4.69) is 56.0 Å². The van der Waals surface area contributed by atoms with Crippen molar-refractivity contribution in [2.75, 3.05) is 0 Å². The molecule has 0 aromatic carbocycles. The summed E-state index contributed by atoms with van der Waals surface area (Å²) in [5.74, 6) is 0. The Morgan fingerprint density at radius 3 is 1.30 bits per heavy atom. The van der Waals surface area contributed by atoms with Gasteiger partial charge in [0.15, 0.2) is 0 Å². The van der Waals surface area contributed by atoms with Crippen molar-refractivity contribution in [2.45, 2.75) is 49.8 Å². The molecule has 0 radical (unpaired) electrons. The molecular formula is C16H28Br2SiZr. The van der Waals surface area contributed by atoms with E-state index in [9.17, 15) is 0 Å². The number of halogens is 2. The molecule has 0 aromatic rings. The van der Waals surface area contributed by atoms with Gasteiger partial charge in [0.2, 0.25) is 0 Å². The summed E-state index contributed by atoms with van der Waals surface area (Å²) in [6.45, 7) is 11.6. The Morgan fingerprint density at radius 2 is 1.10 bits per heavy atom. The molecule has 114 valence electrons. The average molecular weight is 500 g/mol. The summed E-state index contributed by atoms with van der Waals surface area (Å²) in [4.78, 5) is 0. The van der Waals surface area contributed by atoms with Crippen LogP contribution < -0.4 is 0 Å². The molecule has 0 spiro atoms. The Hall–Kier alpha value is 1.02. The molecule has 0 bridgehead atoms. The Balaban J connectivity index is 0.00000180. The summed E-state index contributed by atoms with van der Waals surface area (Å²) >= 11 is -2.84. The van der Waals surface area contributed by atoms with Crippen LogP contribution in [0.1, 0.15) is 40.5 Å². The molecule has 4 heteroatoms. The van der Waals surface area contributed by atoms with Gasteiger partial charge in [-0.05, 0) is 0 Å². The average Bonchev–Trinajstić information content (AvgIpc) is 2.74. The predicted octanol–water partition coefficient (Wildman–Crippen LogP) is 5.72. The molecule has 20 heavy (non-hydrogen) atoms. The zero-order chi connectivity index (χ0) is 13.7. The molecule has 0 fully saturated rings. The minimum absolute atomic E-state index is 0. The number of rotatable bonds is 2. The van der Waals surface area contributed by atoms with Gasteiger partial charge >= 0.3 is 115 Å². The van der Waals surface area contributed by atoms with E-state index in [0.717, 1.165) is 0 Å². The summed E-state index contributed by atoms with van der Waals surface area (Å²) in [6, 6.07) is 0. The fraction of sp³-hybridized carbons (Fsp3) is 0.500. The Labute approximate surface area is 147 Å². The molecule has 0 N–H and O–H groups in total. The van der Waals surface area contributed by atoms with Crippen molar-refractivity contribution in [3.8, 4) is 0 Å². The van der Waals surface area contributed by atoms with Crippen LogP contribution >= 0.6 is 34.0 Å². The van der Waals surface area contributed by atoms with Gasteiger partial charge < -0.3 is 0 Å². The Bertz CT molecular complexity index is 564. The maximum atomic E-state index is 2.64. The number of hydrogen-bond donors (Lipinski definition) is 0. The fourth-order valence-electron chi connectivity index (χ4n) is 3.64. The fourth-order valence-corrected chi connectivity index (χ4v) is 20.0. The minimum atomic E-state index is -2.84. The van der Waals surface area contributed by atoms with Gasteiger partial charge in [0.05, 0.1) is 0 Å². The quantitative estimate of drug-likeness (QED) is 0.426. The third-order valence-corrected chi connectivity index (χ3v) is 22.7. The van der Waals surface area contributed by atoms with Crippen LogP contribution in [0, 0.1) is 0 Å². The van der Waals surface area contributed by atoms with Crippen molar-refractivity contribution in [3.63, 3.8) is 0 Å². The molecule has 2 aliphatic rings. The van der Waals surface area contributed by atoms with Gasteiger partial charge in [0.1, 0.15) is 0 Å². The van der Waals surface area contributed by atoms with E-state index >= 15 is 0 Å². The molecule has 0 aromatic heterocycles. The third-order valence-electron chi connectivity index (χ3n) is 5.25. The molecule has 0 nitrogen and oxygen atoms in total. The first-order chi connectivity index (χ1) is 8.13. The van der Waals surface area contributed by atoms with Gasteiger partial charge in [0, 0.05) is 0 Å². The van der Waals surface area contributed by atoms with E-state index in [1.807, 2.05) is 6.56 Å². The first-order valence-electron chi connectivity index (χ1n) is 6.95. The number of hydrogen-bond acceptors (Lipinski definition) is 0. The molecule has 0 unspecified atom stereocenters. The van der Waals surface area contributed by atoms with Gasteiger partial charge in [0.25, 0.3) is 0 Å². The zero-order valence-corrected chi connectivity index (χ0v) is 20.9. The molecular weight excluding hydrogens is 471 g/mol. The van der Waals surface area contributed by atoms with Crippen LogP contribution in [0.2, 0.25) is 9.26 Å². The van der Waals surface area contributed by atoms with Crippen molar-refractivity contribution in [1.82, 2.24) is 0 Å². The van der Waals surface area contributed by atoms with Crippen molar-refractivity contribution < 1.29 is 17.4 Å². The molecule has 0 amide bonds. The summed E-state index contributed by atoms with van der Waals surface area (Å²) in [7, 11) is 0. The van der Waals surface area contributed by atoms with Crippen LogP contribution in [0.15, 0.2) is 41.0 Å². The zero-order valence-electron chi connectivity index (χ0n) is 13.6. The van der Waals surface area contributed by atoms with E-state index in [4.69, 9.17) is 0 Å². The van der Waals surface area contributed by atoms with E-state index < -0.39 is 17.4 Å². The van der Waals surface area contributed by atoms with E-state index in [1.165, 1.54) is 24.0 Å². The summed E-state index contributed by atoms with van der Waals surface area (Å²) in [6.07, 6.45) is 7.30. The van der Waals surface area contributed by atoms with Gasteiger partial charge in [-0.2, -0.15) is 0 Å². The second-order valence-electron chi connectivity index (χ2n) is 7.08. The van der Waals surface area contributed by atoms with Gasteiger partial charge in [-0.3, -0.25) is 0 Å². The predicted molar refractivity (Wildman–Crippen MR) is 103 cm³/mol. The normalized spacial score (nSPS) is 19.6.